The van der Waals surface area contributed by atoms with Gasteiger partial charge in [-0.1, -0.05) is 29.8 Å². The molecule has 25 heavy (non-hydrogen) atoms. The number of benzene rings is 2. The van der Waals surface area contributed by atoms with E-state index in [0.29, 0.717) is 10.7 Å². The van der Waals surface area contributed by atoms with Crippen molar-refractivity contribution in [3.05, 3.63) is 69.8 Å². The molecule has 4 nitrogen and oxygen atoms in total. The molecule has 0 spiro atoms. The monoisotopic (exact) mass is 370 g/mol. The minimum atomic E-state index is -0.499. The van der Waals surface area contributed by atoms with Gasteiger partial charge in [-0.2, -0.15) is 0 Å². The van der Waals surface area contributed by atoms with Gasteiger partial charge < -0.3 is 0 Å². The molecule has 1 aliphatic heterocycles. The summed E-state index contributed by atoms with van der Waals surface area (Å²) in [7, 11) is 0. The second-order valence-corrected chi connectivity index (χ2v) is 6.55. The van der Waals surface area contributed by atoms with Crippen LogP contribution in [0, 0.1) is 13.8 Å². The van der Waals surface area contributed by atoms with Gasteiger partial charge in [0.1, 0.15) is 5.57 Å². The van der Waals surface area contributed by atoms with Gasteiger partial charge in [0.2, 0.25) is 0 Å². The lowest BCUT2D eigenvalue weighted by atomic mass is 10.00. The van der Waals surface area contributed by atoms with Gasteiger partial charge in [0.15, 0.2) is 5.11 Å². The summed E-state index contributed by atoms with van der Waals surface area (Å²) in [6, 6.07) is 12.4. The van der Waals surface area contributed by atoms with Crippen molar-refractivity contribution >= 4 is 52.5 Å². The minimum absolute atomic E-state index is 0.0391. The molecule has 0 bridgehead atoms. The zero-order chi connectivity index (χ0) is 18.1. The summed E-state index contributed by atoms with van der Waals surface area (Å²) in [6.45, 7) is 3.93. The van der Waals surface area contributed by atoms with Crippen LogP contribution >= 0.6 is 23.8 Å². The molecule has 0 aliphatic carbocycles. The lowest BCUT2D eigenvalue weighted by Gasteiger charge is -2.29. The number of anilines is 1. The summed E-state index contributed by atoms with van der Waals surface area (Å²) in [6.07, 6.45) is 1.60. The van der Waals surface area contributed by atoms with E-state index in [1.807, 2.05) is 32.0 Å². The largest absolute Gasteiger partial charge is 0.298 e. The Balaban J connectivity index is 2.05. The van der Waals surface area contributed by atoms with Crippen molar-refractivity contribution < 1.29 is 9.59 Å². The van der Waals surface area contributed by atoms with Crippen molar-refractivity contribution in [2.75, 3.05) is 4.90 Å². The number of nitrogens with zero attached hydrogens (tertiary/aromatic N) is 1. The first-order valence-corrected chi connectivity index (χ1v) is 8.40. The van der Waals surface area contributed by atoms with Crippen molar-refractivity contribution in [3.63, 3.8) is 0 Å². The zero-order valence-electron chi connectivity index (χ0n) is 13.7. The predicted molar refractivity (Wildman–Crippen MR) is 104 cm³/mol. The molecule has 1 N–H and O–H groups in total. The molecular weight excluding hydrogens is 356 g/mol. The molecule has 0 atom stereocenters. The Hall–Kier alpha value is -2.50. The van der Waals surface area contributed by atoms with E-state index in [-0.39, 0.29) is 10.7 Å². The van der Waals surface area contributed by atoms with Crippen molar-refractivity contribution in [2.45, 2.75) is 13.8 Å². The maximum absolute atomic E-state index is 12.9. The number of rotatable bonds is 2. The maximum Gasteiger partial charge on any atom is 0.270 e. The van der Waals surface area contributed by atoms with Crippen molar-refractivity contribution in [1.29, 1.82) is 0 Å². The average molecular weight is 371 g/mol. The second kappa shape index (κ2) is 6.78. The van der Waals surface area contributed by atoms with Crippen LogP contribution in [0.15, 0.2) is 48.0 Å². The van der Waals surface area contributed by atoms with Crippen LogP contribution in [0.1, 0.15) is 16.7 Å². The number of hydrogen-bond donors (Lipinski definition) is 1. The lowest BCUT2D eigenvalue weighted by molar-refractivity contribution is -0.122. The molecule has 1 saturated heterocycles. The highest BCUT2D eigenvalue weighted by Gasteiger charge is 2.34. The molecule has 2 aromatic rings. The first-order valence-electron chi connectivity index (χ1n) is 7.61. The van der Waals surface area contributed by atoms with E-state index in [1.165, 1.54) is 4.90 Å². The van der Waals surface area contributed by atoms with E-state index in [2.05, 4.69) is 5.32 Å². The summed E-state index contributed by atoms with van der Waals surface area (Å²) >= 11 is 11.1. The molecule has 1 aliphatic rings. The highest BCUT2D eigenvalue weighted by atomic mass is 35.5. The zero-order valence-corrected chi connectivity index (χ0v) is 15.2. The predicted octanol–water partition coefficient (Wildman–Crippen LogP) is 3.79. The van der Waals surface area contributed by atoms with Crippen LogP contribution in [0.2, 0.25) is 5.02 Å². The van der Waals surface area contributed by atoms with Gasteiger partial charge in [-0.25, -0.2) is 0 Å². The molecule has 2 aromatic carbocycles. The van der Waals surface area contributed by atoms with E-state index in [1.54, 1.807) is 30.3 Å². The number of amides is 2. The molecule has 0 radical (unpaired) electrons. The number of thiocarbonyl (C=S) groups is 1. The summed E-state index contributed by atoms with van der Waals surface area (Å²) < 4.78 is 0. The van der Waals surface area contributed by atoms with Crippen molar-refractivity contribution in [1.82, 2.24) is 5.32 Å². The number of nitrogens with one attached hydrogen (secondary N) is 1. The lowest BCUT2D eigenvalue weighted by Crippen LogP contribution is -2.54. The van der Waals surface area contributed by atoms with E-state index in [0.717, 1.165) is 16.7 Å². The highest BCUT2D eigenvalue weighted by Crippen LogP contribution is 2.24. The molecular formula is C19H15ClN2O2S. The number of aryl methyl sites for hydroxylation is 1. The summed E-state index contributed by atoms with van der Waals surface area (Å²) in [5.41, 5.74) is 3.51. The van der Waals surface area contributed by atoms with Crippen LogP contribution in [-0.4, -0.2) is 16.9 Å². The SMILES string of the molecule is Cc1cccc(C=C2C(=O)NC(=S)N(c3ccc(Cl)cc3)C2=O)c1C. The number of carbonyl (C=O) groups excluding carboxylic acids is 2. The number of hydrogen-bond acceptors (Lipinski definition) is 3. The van der Waals surface area contributed by atoms with Crippen LogP contribution in [0.5, 0.6) is 0 Å². The van der Waals surface area contributed by atoms with Crippen molar-refractivity contribution in [2.24, 2.45) is 0 Å². The Kier molecular flexibility index (Phi) is 4.70. The summed E-state index contributed by atoms with van der Waals surface area (Å²) in [5, 5.41) is 3.18. The van der Waals surface area contributed by atoms with Gasteiger partial charge in [-0.05, 0) is 73.1 Å². The van der Waals surface area contributed by atoms with Crippen LogP contribution in [0.4, 0.5) is 5.69 Å². The molecule has 1 fully saturated rings. The first kappa shape index (κ1) is 17.3. The third-order valence-corrected chi connectivity index (χ3v) is 4.67. The smallest absolute Gasteiger partial charge is 0.270 e. The third-order valence-electron chi connectivity index (χ3n) is 4.13. The fraction of sp³-hybridized carbons (Fsp3) is 0.105. The minimum Gasteiger partial charge on any atom is -0.298 e. The standard InChI is InChI=1S/C19H15ClN2O2S/c1-11-4-3-5-13(12(11)2)10-16-17(23)21-19(25)22(18(16)24)15-8-6-14(20)7-9-15/h3-10H,1-2H3,(H,21,23,25). The molecule has 126 valence electrons. The molecule has 2 amide bonds. The Morgan fingerprint density at radius 3 is 2.44 bits per heavy atom. The van der Waals surface area contributed by atoms with Gasteiger partial charge in [-0.3, -0.25) is 19.8 Å². The number of carbonyl (C=O) groups is 2. The fourth-order valence-corrected chi connectivity index (χ4v) is 2.97. The van der Waals surface area contributed by atoms with E-state index < -0.39 is 11.8 Å². The Bertz CT molecular complexity index is 920. The quantitative estimate of drug-likeness (QED) is 0.497. The topological polar surface area (TPSA) is 49.4 Å². The van der Waals surface area contributed by atoms with E-state index >= 15 is 0 Å². The highest BCUT2D eigenvalue weighted by molar-refractivity contribution is 7.80. The Morgan fingerprint density at radius 1 is 1.08 bits per heavy atom. The second-order valence-electron chi connectivity index (χ2n) is 5.72. The average Bonchev–Trinajstić information content (AvgIpc) is 2.56. The maximum atomic E-state index is 12.9. The van der Waals surface area contributed by atoms with Crippen molar-refractivity contribution in [3.8, 4) is 0 Å². The van der Waals surface area contributed by atoms with Gasteiger partial charge >= 0.3 is 0 Å². The molecule has 3 rings (SSSR count). The third kappa shape index (κ3) is 3.34. The van der Waals surface area contributed by atoms with E-state index in [4.69, 9.17) is 23.8 Å². The molecule has 6 heteroatoms. The molecule has 0 unspecified atom stereocenters. The molecule has 1 heterocycles. The Morgan fingerprint density at radius 2 is 1.76 bits per heavy atom. The van der Waals surface area contributed by atoms with Crippen LogP contribution in [0.3, 0.4) is 0 Å². The molecule has 0 aromatic heterocycles. The number of halogens is 1. The molecule has 0 saturated carbocycles. The summed E-state index contributed by atoms with van der Waals surface area (Å²) in [4.78, 5) is 26.5. The van der Waals surface area contributed by atoms with Crippen LogP contribution in [-0.2, 0) is 9.59 Å². The fourth-order valence-electron chi connectivity index (χ4n) is 2.57. The van der Waals surface area contributed by atoms with Crippen LogP contribution < -0.4 is 10.2 Å². The normalized spacial score (nSPS) is 16.4. The summed E-state index contributed by atoms with van der Waals surface area (Å²) in [5.74, 6) is -0.960. The van der Waals surface area contributed by atoms with Gasteiger partial charge in [0.05, 0.1) is 5.69 Å². The van der Waals surface area contributed by atoms with Gasteiger partial charge in [0, 0.05) is 5.02 Å². The van der Waals surface area contributed by atoms with Gasteiger partial charge in [-0.15, -0.1) is 0 Å². The van der Waals surface area contributed by atoms with Gasteiger partial charge in [0.25, 0.3) is 11.8 Å². The van der Waals surface area contributed by atoms with E-state index in [9.17, 15) is 9.59 Å². The Labute approximate surface area is 156 Å². The van der Waals surface area contributed by atoms with Crippen LogP contribution in [0.25, 0.3) is 6.08 Å². The first-order chi connectivity index (χ1) is 11.9.